The number of rotatable bonds is 7. The molecule has 0 radical (unpaired) electrons. The van der Waals surface area contributed by atoms with Crippen molar-refractivity contribution >= 4 is 21.6 Å². The van der Waals surface area contributed by atoms with Gasteiger partial charge in [-0.05, 0) is 43.1 Å². The number of benzene rings is 1. The third-order valence-electron chi connectivity index (χ3n) is 5.32. The fraction of sp³-hybridized carbons (Fsp3) is 0.632. The highest BCUT2D eigenvalue weighted by atomic mass is 32.2. The number of nitrogens with one attached hydrogen (secondary N) is 2. The summed E-state index contributed by atoms with van der Waals surface area (Å²) in [6, 6.07) is 5.01. The molecular formula is C19H30N4O3S. The molecule has 2 aliphatic rings. The number of nitrogens with zero attached hydrogens (tertiary/aromatic N) is 2. The van der Waals surface area contributed by atoms with Crippen LogP contribution in [0.15, 0.2) is 23.1 Å². The van der Waals surface area contributed by atoms with Crippen molar-refractivity contribution in [3.05, 3.63) is 23.8 Å². The summed E-state index contributed by atoms with van der Waals surface area (Å²) in [6.07, 6.45) is 1.19. The molecule has 8 heteroatoms. The standard InChI is InChI=1S/C19H30N4O3S/c1-14(2)10-16(23-8-6-22(3)7-9-23)13-20-27(25,26)17-4-5-18-15(11-17)12-19(24)21-18/h4-5,11,14,16,20H,6-10,12-13H2,1-3H3,(H,21,24). The number of sulfonamides is 1. The van der Waals surface area contributed by atoms with E-state index in [0.29, 0.717) is 18.2 Å². The molecule has 2 aliphatic heterocycles. The Morgan fingerprint density at radius 3 is 2.56 bits per heavy atom. The van der Waals surface area contributed by atoms with E-state index in [2.05, 4.69) is 40.7 Å². The minimum atomic E-state index is -3.61. The van der Waals surface area contributed by atoms with Crippen LogP contribution in [0.1, 0.15) is 25.8 Å². The SMILES string of the molecule is CC(C)CC(CNS(=O)(=O)c1ccc2c(c1)CC(=O)N2)N1CCN(C)CC1. The maximum atomic E-state index is 12.8. The highest BCUT2D eigenvalue weighted by molar-refractivity contribution is 7.89. The first-order valence-electron chi connectivity index (χ1n) is 9.59. The van der Waals surface area contributed by atoms with Gasteiger partial charge in [0.05, 0.1) is 11.3 Å². The topological polar surface area (TPSA) is 81.7 Å². The summed E-state index contributed by atoms with van der Waals surface area (Å²) in [5.74, 6) is 0.399. The summed E-state index contributed by atoms with van der Waals surface area (Å²) >= 11 is 0. The summed E-state index contributed by atoms with van der Waals surface area (Å²) in [5, 5.41) is 2.73. The molecule has 1 atom stereocenters. The fourth-order valence-electron chi connectivity index (χ4n) is 3.75. The van der Waals surface area contributed by atoms with Gasteiger partial charge in [-0.2, -0.15) is 0 Å². The van der Waals surface area contributed by atoms with Crippen molar-refractivity contribution < 1.29 is 13.2 Å². The lowest BCUT2D eigenvalue weighted by Crippen LogP contribution is -2.52. The second kappa shape index (κ2) is 8.26. The lowest BCUT2D eigenvalue weighted by molar-refractivity contribution is -0.115. The number of piperazine rings is 1. The molecule has 1 aromatic rings. The number of likely N-dealkylation sites (N-methyl/N-ethyl adjacent to an activating group) is 1. The van der Waals surface area contributed by atoms with E-state index in [1.807, 2.05) is 0 Å². The lowest BCUT2D eigenvalue weighted by Gasteiger charge is -2.38. The van der Waals surface area contributed by atoms with E-state index in [9.17, 15) is 13.2 Å². The van der Waals surface area contributed by atoms with Crippen molar-refractivity contribution in [2.45, 2.75) is 37.6 Å². The molecule has 0 aliphatic carbocycles. The Kier molecular flexibility index (Phi) is 6.20. The average molecular weight is 395 g/mol. The predicted octanol–water partition coefficient (Wildman–Crippen LogP) is 1.12. The Balaban J connectivity index is 1.68. The van der Waals surface area contributed by atoms with Crippen LogP contribution in [0.25, 0.3) is 0 Å². The summed E-state index contributed by atoms with van der Waals surface area (Å²) in [5.41, 5.74) is 1.44. The molecule has 1 unspecified atom stereocenters. The average Bonchev–Trinajstić information content (AvgIpc) is 2.98. The molecular weight excluding hydrogens is 364 g/mol. The summed E-state index contributed by atoms with van der Waals surface area (Å²) < 4.78 is 28.4. The molecule has 2 heterocycles. The Bertz CT molecular complexity index is 786. The van der Waals surface area contributed by atoms with Crippen LogP contribution in [0.2, 0.25) is 0 Å². The molecule has 27 heavy (non-hydrogen) atoms. The Labute approximate surface area is 162 Å². The number of carbonyl (C=O) groups is 1. The number of amides is 1. The van der Waals surface area contributed by atoms with Crippen molar-refractivity contribution in [3.63, 3.8) is 0 Å². The van der Waals surface area contributed by atoms with Gasteiger partial charge in [-0.15, -0.1) is 0 Å². The van der Waals surface area contributed by atoms with Crippen LogP contribution in [-0.2, 0) is 21.2 Å². The third-order valence-corrected chi connectivity index (χ3v) is 6.74. The van der Waals surface area contributed by atoms with Crippen molar-refractivity contribution in [2.24, 2.45) is 5.92 Å². The number of hydrogen-bond donors (Lipinski definition) is 2. The van der Waals surface area contributed by atoms with E-state index in [-0.39, 0.29) is 23.3 Å². The molecule has 150 valence electrons. The Hall–Kier alpha value is -1.48. The molecule has 3 rings (SSSR count). The molecule has 1 saturated heterocycles. The zero-order chi connectivity index (χ0) is 19.6. The summed E-state index contributed by atoms with van der Waals surface area (Å²) in [6.45, 7) is 8.67. The first-order chi connectivity index (χ1) is 12.7. The van der Waals surface area contributed by atoms with Gasteiger partial charge < -0.3 is 10.2 Å². The van der Waals surface area contributed by atoms with Crippen LogP contribution in [0.4, 0.5) is 5.69 Å². The highest BCUT2D eigenvalue weighted by Crippen LogP contribution is 2.25. The number of hydrogen-bond acceptors (Lipinski definition) is 5. The van der Waals surface area contributed by atoms with Gasteiger partial charge in [-0.3, -0.25) is 9.69 Å². The number of anilines is 1. The van der Waals surface area contributed by atoms with E-state index in [4.69, 9.17) is 0 Å². The largest absolute Gasteiger partial charge is 0.326 e. The molecule has 1 amide bonds. The zero-order valence-corrected chi connectivity index (χ0v) is 17.2. The Morgan fingerprint density at radius 1 is 1.19 bits per heavy atom. The summed E-state index contributed by atoms with van der Waals surface area (Å²) in [4.78, 5) is 16.4. The van der Waals surface area contributed by atoms with Crippen LogP contribution < -0.4 is 10.0 Å². The van der Waals surface area contributed by atoms with E-state index >= 15 is 0 Å². The van der Waals surface area contributed by atoms with Gasteiger partial charge in [-0.25, -0.2) is 13.1 Å². The van der Waals surface area contributed by atoms with Crippen LogP contribution >= 0.6 is 0 Å². The van der Waals surface area contributed by atoms with Gasteiger partial charge in [0.2, 0.25) is 15.9 Å². The van der Waals surface area contributed by atoms with E-state index in [1.54, 1.807) is 18.2 Å². The molecule has 0 saturated carbocycles. The van der Waals surface area contributed by atoms with Crippen molar-refractivity contribution in [2.75, 3.05) is 45.1 Å². The van der Waals surface area contributed by atoms with Crippen LogP contribution in [0.3, 0.4) is 0 Å². The van der Waals surface area contributed by atoms with E-state index < -0.39 is 10.0 Å². The minimum Gasteiger partial charge on any atom is -0.326 e. The number of fused-ring (bicyclic) bond motifs is 1. The van der Waals surface area contributed by atoms with Gasteiger partial charge in [0.1, 0.15) is 0 Å². The quantitative estimate of drug-likeness (QED) is 0.724. The molecule has 2 N–H and O–H groups in total. The molecule has 0 spiro atoms. The van der Waals surface area contributed by atoms with E-state index in [0.717, 1.165) is 38.2 Å². The monoisotopic (exact) mass is 394 g/mol. The molecule has 0 aromatic heterocycles. The third kappa shape index (κ3) is 5.07. The van der Waals surface area contributed by atoms with Crippen LogP contribution in [0, 0.1) is 5.92 Å². The number of carbonyl (C=O) groups excluding carboxylic acids is 1. The molecule has 7 nitrogen and oxygen atoms in total. The van der Waals surface area contributed by atoms with Gasteiger partial charge in [-0.1, -0.05) is 13.8 Å². The van der Waals surface area contributed by atoms with Crippen LogP contribution in [-0.4, -0.2) is 69.9 Å². The first kappa shape index (κ1) is 20.3. The van der Waals surface area contributed by atoms with Gasteiger partial charge in [0.15, 0.2) is 0 Å². The van der Waals surface area contributed by atoms with Crippen molar-refractivity contribution in [1.29, 1.82) is 0 Å². The second-order valence-corrected chi connectivity index (χ2v) is 9.79. The summed E-state index contributed by atoms with van der Waals surface area (Å²) in [7, 11) is -1.49. The minimum absolute atomic E-state index is 0.0976. The molecule has 1 aromatic carbocycles. The smallest absolute Gasteiger partial charge is 0.240 e. The highest BCUT2D eigenvalue weighted by Gasteiger charge is 2.26. The fourth-order valence-corrected chi connectivity index (χ4v) is 4.88. The van der Waals surface area contributed by atoms with Gasteiger partial charge in [0, 0.05) is 44.5 Å². The predicted molar refractivity (Wildman–Crippen MR) is 106 cm³/mol. The van der Waals surface area contributed by atoms with Crippen molar-refractivity contribution in [3.8, 4) is 0 Å². The molecule has 1 fully saturated rings. The Morgan fingerprint density at radius 2 is 1.89 bits per heavy atom. The maximum absolute atomic E-state index is 12.8. The second-order valence-electron chi connectivity index (χ2n) is 8.02. The first-order valence-corrected chi connectivity index (χ1v) is 11.1. The lowest BCUT2D eigenvalue weighted by atomic mass is 10.0. The van der Waals surface area contributed by atoms with Crippen molar-refractivity contribution in [1.82, 2.24) is 14.5 Å². The van der Waals surface area contributed by atoms with Gasteiger partial charge >= 0.3 is 0 Å². The van der Waals surface area contributed by atoms with Gasteiger partial charge in [0.25, 0.3) is 0 Å². The van der Waals surface area contributed by atoms with Crippen LogP contribution in [0.5, 0.6) is 0 Å². The maximum Gasteiger partial charge on any atom is 0.240 e. The normalized spacial score (nSPS) is 19.9. The zero-order valence-electron chi connectivity index (χ0n) is 16.4. The molecule has 0 bridgehead atoms. The van der Waals surface area contributed by atoms with E-state index in [1.165, 1.54) is 0 Å².